The normalized spacial score (nSPS) is 20.6. The molecule has 1 aromatic carbocycles. The van der Waals surface area contributed by atoms with Crippen LogP contribution in [0.3, 0.4) is 0 Å². The van der Waals surface area contributed by atoms with E-state index in [-0.39, 0.29) is 18.1 Å². The Morgan fingerprint density at radius 1 is 1.28 bits per heavy atom. The van der Waals surface area contributed by atoms with Crippen LogP contribution in [0.15, 0.2) is 24.4 Å². The second kappa shape index (κ2) is 7.54. The Kier molecular flexibility index (Phi) is 5.06. The smallest absolute Gasteiger partial charge is 0.257 e. The van der Waals surface area contributed by atoms with E-state index < -0.39 is 0 Å². The van der Waals surface area contributed by atoms with Gasteiger partial charge in [-0.2, -0.15) is 0 Å². The second-order valence-electron chi connectivity index (χ2n) is 8.57. The van der Waals surface area contributed by atoms with Crippen LogP contribution in [0, 0.1) is 12.3 Å². The minimum Gasteiger partial charge on any atom is -0.454 e. The summed E-state index contributed by atoms with van der Waals surface area (Å²) in [7, 11) is 3.78. The van der Waals surface area contributed by atoms with Gasteiger partial charge in [-0.3, -0.25) is 4.79 Å². The van der Waals surface area contributed by atoms with E-state index in [1.807, 2.05) is 36.9 Å². The Balaban J connectivity index is 1.49. The Morgan fingerprint density at radius 3 is 2.83 bits per heavy atom. The maximum Gasteiger partial charge on any atom is 0.257 e. The van der Waals surface area contributed by atoms with Crippen molar-refractivity contribution in [2.24, 2.45) is 5.41 Å². The van der Waals surface area contributed by atoms with Crippen molar-refractivity contribution in [1.82, 2.24) is 14.9 Å². The van der Waals surface area contributed by atoms with Crippen molar-refractivity contribution in [3.63, 3.8) is 0 Å². The topological polar surface area (TPSA) is 67.8 Å². The molecule has 2 aliphatic rings. The van der Waals surface area contributed by atoms with Crippen LogP contribution in [0.25, 0.3) is 0 Å². The number of piperidine rings is 1. The van der Waals surface area contributed by atoms with E-state index in [9.17, 15) is 4.79 Å². The molecule has 0 N–H and O–H groups in total. The van der Waals surface area contributed by atoms with Gasteiger partial charge < -0.3 is 19.3 Å². The molecule has 1 saturated heterocycles. The molecule has 2 aromatic rings. The highest BCUT2D eigenvalue weighted by Gasteiger charge is 2.34. The number of benzene rings is 1. The first-order valence-corrected chi connectivity index (χ1v) is 10.0. The number of nitrogens with zero attached hydrogens (tertiary/aromatic N) is 4. The molecule has 7 nitrogen and oxygen atoms in total. The van der Waals surface area contributed by atoms with Crippen LogP contribution in [-0.4, -0.2) is 54.8 Å². The molecular weight excluding hydrogens is 368 g/mol. The fraction of sp³-hybridized carbons (Fsp3) is 0.500. The zero-order chi connectivity index (χ0) is 20.6. The number of amides is 1. The molecule has 1 aromatic heterocycles. The number of rotatable bonds is 4. The predicted molar refractivity (Wildman–Crippen MR) is 111 cm³/mol. The van der Waals surface area contributed by atoms with Crippen LogP contribution < -0.4 is 14.4 Å². The van der Waals surface area contributed by atoms with E-state index in [1.165, 1.54) is 5.56 Å². The first-order valence-electron chi connectivity index (χ1n) is 10.0. The lowest BCUT2D eigenvalue weighted by atomic mass is 9.76. The summed E-state index contributed by atoms with van der Waals surface area (Å²) in [5, 5.41) is 0. The van der Waals surface area contributed by atoms with Crippen molar-refractivity contribution in [2.45, 2.75) is 33.1 Å². The minimum atomic E-state index is 0.0138. The number of likely N-dealkylation sites (tertiary alicyclic amines) is 1. The van der Waals surface area contributed by atoms with E-state index in [0.29, 0.717) is 11.5 Å². The first-order chi connectivity index (χ1) is 13.8. The maximum atomic E-state index is 13.2. The molecule has 1 fully saturated rings. The van der Waals surface area contributed by atoms with Crippen molar-refractivity contribution in [3.05, 3.63) is 41.2 Å². The van der Waals surface area contributed by atoms with Crippen molar-refractivity contribution >= 4 is 11.9 Å². The van der Waals surface area contributed by atoms with Gasteiger partial charge in [0.25, 0.3) is 5.91 Å². The Morgan fingerprint density at radius 2 is 2.07 bits per heavy atom. The van der Waals surface area contributed by atoms with Crippen LogP contribution in [0.5, 0.6) is 11.5 Å². The Bertz CT molecular complexity index is 930. The number of carbonyl (C=O) groups is 1. The number of hydrogen-bond donors (Lipinski definition) is 0. The molecule has 1 atom stereocenters. The summed E-state index contributed by atoms with van der Waals surface area (Å²) in [6.07, 6.45) is 4.62. The molecular formula is C22H28N4O3. The lowest BCUT2D eigenvalue weighted by Gasteiger charge is -2.41. The molecule has 3 heterocycles. The van der Waals surface area contributed by atoms with Crippen molar-refractivity contribution in [2.75, 3.05) is 38.9 Å². The average molecular weight is 396 g/mol. The van der Waals surface area contributed by atoms with Crippen molar-refractivity contribution in [1.29, 1.82) is 0 Å². The monoisotopic (exact) mass is 396 g/mol. The summed E-state index contributed by atoms with van der Waals surface area (Å²) in [4.78, 5) is 25.8. The molecule has 0 spiro atoms. The van der Waals surface area contributed by atoms with Gasteiger partial charge in [0, 0.05) is 33.4 Å². The summed E-state index contributed by atoms with van der Waals surface area (Å²) in [5.74, 6) is 2.24. The average Bonchev–Trinajstić information content (AvgIpc) is 3.15. The van der Waals surface area contributed by atoms with Crippen molar-refractivity contribution < 1.29 is 14.3 Å². The highest BCUT2D eigenvalue weighted by molar-refractivity contribution is 5.95. The maximum absolute atomic E-state index is 13.2. The Hall–Kier alpha value is -2.83. The van der Waals surface area contributed by atoms with Gasteiger partial charge in [-0.25, -0.2) is 9.97 Å². The van der Waals surface area contributed by atoms with E-state index in [0.717, 1.165) is 49.5 Å². The van der Waals surface area contributed by atoms with Crippen LogP contribution in [0.2, 0.25) is 0 Å². The number of fused-ring (bicyclic) bond motifs is 1. The summed E-state index contributed by atoms with van der Waals surface area (Å²) in [5.41, 5.74) is 2.53. The molecule has 4 rings (SSSR count). The molecule has 0 aliphatic carbocycles. The number of anilines is 1. The van der Waals surface area contributed by atoms with E-state index >= 15 is 0 Å². The fourth-order valence-corrected chi connectivity index (χ4v) is 4.23. The quantitative estimate of drug-likeness (QED) is 0.791. The molecule has 29 heavy (non-hydrogen) atoms. The van der Waals surface area contributed by atoms with Crippen molar-refractivity contribution in [3.8, 4) is 11.5 Å². The lowest BCUT2D eigenvalue weighted by Crippen LogP contribution is -2.46. The third kappa shape index (κ3) is 3.99. The van der Waals surface area contributed by atoms with Gasteiger partial charge in [0.1, 0.15) is 0 Å². The van der Waals surface area contributed by atoms with E-state index in [1.54, 1.807) is 6.20 Å². The van der Waals surface area contributed by atoms with Gasteiger partial charge in [-0.05, 0) is 49.3 Å². The highest BCUT2D eigenvalue weighted by atomic mass is 16.7. The number of ether oxygens (including phenoxy) is 2. The van der Waals surface area contributed by atoms with Gasteiger partial charge in [0.05, 0.1) is 11.3 Å². The number of aryl methyl sites for hydroxylation is 1. The number of hydrogen-bond acceptors (Lipinski definition) is 6. The van der Waals surface area contributed by atoms with Gasteiger partial charge >= 0.3 is 0 Å². The van der Waals surface area contributed by atoms with Crippen LogP contribution >= 0.6 is 0 Å². The minimum absolute atomic E-state index is 0.0138. The third-order valence-electron chi connectivity index (χ3n) is 5.73. The molecule has 1 amide bonds. The molecule has 7 heteroatoms. The molecule has 0 bridgehead atoms. The van der Waals surface area contributed by atoms with Gasteiger partial charge in [0.2, 0.25) is 12.7 Å². The largest absolute Gasteiger partial charge is 0.454 e. The summed E-state index contributed by atoms with van der Waals surface area (Å²) in [6, 6.07) is 6.13. The zero-order valence-electron chi connectivity index (χ0n) is 17.6. The van der Waals surface area contributed by atoms with Crippen LogP contribution in [0.1, 0.15) is 41.4 Å². The molecule has 0 radical (unpaired) electrons. The van der Waals surface area contributed by atoms with Gasteiger partial charge in [-0.1, -0.05) is 13.0 Å². The fourth-order valence-electron chi connectivity index (χ4n) is 4.23. The molecule has 2 aliphatic heterocycles. The van der Waals surface area contributed by atoms with E-state index in [4.69, 9.17) is 9.47 Å². The molecule has 0 unspecified atom stereocenters. The molecule has 0 saturated carbocycles. The predicted octanol–water partition coefficient (Wildman–Crippen LogP) is 3.06. The standard InChI is InChI=1S/C22H28N4O3/c1-15-17(12-23-21(24-15)25(3)4)20(27)26-9-5-8-22(2,13-26)11-16-6-7-18-19(10-16)29-14-28-18/h6-7,10,12H,5,8-9,11,13-14H2,1-4H3/t22-/m0/s1. The summed E-state index contributed by atoms with van der Waals surface area (Å²) >= 11 is 0. The first kappa shape index (κ1) is 19.5. The van der Waals surface area contributed by atoms with Crippen LogP contribution in [0.4, 0.5) is 5.95 Å². The Labute approximate surface area is 171 Å². The van der Waals surface area contributed by atoms with Gasteiger partial charge in [-0.15, -0.1) is 0 Å². The van der Waals surface area contributed by atoms with Gasteiger partial charge in [0.15, 0.2) is 11.5 Å². The number of carbonyl (C=O) groups excluding carboxylic acids is 1. The van der Waals surface area contributed by atoms with E-state index in [2.05, 4.69) is 29.0 Å². The SMILES string of the molecule is Cc1nc(N(C)C)ncc1C(=O)N1CCC[C@@](C)(Cc2ccc3c(c2)OCO3)C1. The summed E-state index contributed by atoms with van der Waals surface area (Å²) < 4.78 is 10.9. The second-order valence-corrected chi connectivity index (χ2v) is 8.57. The zero-order valence-corrected chi connectivity index (χ0v) is 17.6. The highest BCUT2D eigenvalue weighted by Crippen LogP contribution is 2.38. The lowest BCUT2D eigenvalue weighted by molar-refractivity contribution is 0.0549. The van der Waals surface area contributed by atoms with Crippen LogP contribution in [-0.2, 0) is 6.42 Å². The third-order valence-corrected chi connectivity index (χ3v) is 5.73. The molecule has 154 valence electrons. The number of aromatic nitrogens is 2. The summed E-state index contributed by atoms with van der Waals surface area (Å²) in [6.45, 7) is 5.90.